The highest BCUT2D eigenvalue weighted by Gasteiger charge is 2.38. The first-order valence-corrected chi connectivity index (χ1v) is 12.1. The van der Waals surface area contributed by atoms with E-state index in [-0.39, 0.29) is 12.0 Å². The van der Waals surface area contributed by atoms with Gasteiger partial charge in [-0.1, -0.05) is 36.4 Å². The van der Waals surface area contributed by atoms with Crippen molar-refractivity contribution in [2.24, 2.45) is 10.7 Å². The standard InChI is InChI=1S/C28H27F2N5O3/c1-2-32-26(31)18-9-7-17(8-10-18)13-14-33-25(36)16-24-27(37)34-22-5-3-4-6-23(22)35(24)28(38)19-11-12-20(29)21(30)15-19/h3-12,15,24H,2,13-14,16H2,1H3,(H2,31,32)(H,33,36)(H,34,37)/t24-/m1/s1. The fourth-order valence-corrected chi connectivity index (χ4v) is 4.19. The predicted molar refractivity (Wildman–Crippen MR) is 141 cm³/mol. The molecule has 4 rings (SSSR count). The number of amidine groups is 1. The normalized spacial score (nSPS) is 15.0. The first kappa shape index (κ1) is 26.5. The molecule has 0 aromatic heterocycles. The number of fused-ring (bicyclic) bond motifs is 1. The Morgan fingerprint density at radius 2 is 1.74 bits per heavy atom. The van der Waals surface area contributed by atoms with Crippen LogP contribution >= 0.6 is 0 Å². The van der Waals surface area contributed by atoms with Crippen LogP contribution in [0.3, 0.4) is 0 Å². The van der Waals surface area contributed by atoms with Gasteiger partial charge < -0.3 is 16.4 Å². The van der Waals surface area contributed by atoms with E-state index in [9.17, 15) is 23.2 Å². The molecule has 0 fully saturated rings. The Morgan fingerprint density at radius 3 is 2.45 bits per heavy atom. The molecule has 8 nitrogen and oxygen atoms in total. The smallest absolute Gasteiger partial charge is 0.259 e. The second-order valence-corrected chi connectivity index (χ2v) is 8.69. The molecule has 1 heterocycles. The van der Waals surface area contributed by atoms with Crippen LogP contribution in [0.25, 0.3) is 0 Å². The van der Waals surface area contributed by atoms with E-state index in [0.717, 1.165) is 34.2 Å². The summed E-state index contributed by atoms with van der Waals surface area (Å²) in [5.41, 5.74) is 8.27. The monoisotopic (exact) mass is 519 g/mol. The fraction of sp³-hybridized carbons (Fsp3) is 0.214. The Kier molecular flexibility index (Phi) is 8.10. The topological polar surface area (TPSA) is 117 Å². The van der Waals surface area contributed by atoms with Gasteiger partial charge in [0, 0.05) is 24.2 Å². The van der Waals surface area contributed by atoms with Gasteiger partial charge in [0.05, 0.1) is 17.8 Å². The quantitative estimate of drug-likeness (QED) is 0.312. The van der Waals surface area contributed by atoms with Crippen LogP contribution in [0.4, 0.5) is 20.2 Å². The van der Waals surface area contributed by atoms with Crippen LogP contribution in [0.15, 0.2) is 71.7 Å². The van der Waals surface area contributed by atoms with Crippen LogP contribution in [0.1, 0.15) is 34.8 Å². The average molecular weight is 520 g/mol. The molecular weight excluding hydrogens is 492 g/mol. The van der Waals surface area contributed by atoms with Crippen molar-refractivity contribution in [2.45, 2.75) is 25.8 Å². The molecule has 196 valence electrons. The summed E-state index contributed by atoms with van der Waals surface area (Å²) in [5.74, 6) is -3.55. The number of hydrogen-bond donors (Lipinski definition) is 3. The number of carbonyl (C=O) groups excluding carboxylic acids is 3. The van der Waals surface area contributed by atoms with Crippen molar-refractivity contribution in [1.82, 2.24) is 5.32 Å². The lowest BCUT2D eigenvalue weighted by molar-refractivity contribution is -0.125. The van der Waals surface area contributed by atoms with E-state index in [4.69, 9.17) is 5.73 Å². The molecule has 0 bridgehead atoms. The summed E-state index contributed by atoms with van der Waals surface area (Å²) in [6.07, 6.45) is 0.215. The van der Waals surface area contributed by atoms with Crippen LogP contribution < -0.4 is 21.3 Å². The van der Waals surface area contributed by atoms with Crippen LogP contribution in [-0.2, 0) is 16.0 Å². The second kappa shape index (κ2) is 11.6. The fourth-order valence-electron chi connectivity index (χ4n) is 4.19. The van der Waals surface area contributed by atoms with E-state index in [2.05, 4.69) is 15.6 Å². The molecule has 3 aromatic carbocycles. The summed E-state index contributed by atoms with van der Waals surface area (Å²) < 4.78 is 27.3. The maximum absolute atomic E-state index is 13.9. The number of nitrogens with zero attached hydrogens (tertiary/aromatic N) is 2. The number of rotatable bonds is 8. The Morgan fingerprint density at radius 1 is 1.03 bits per heavy atom. The molecule has 0 radical (unpaired) electrons. The Labute approximate surface area is 218 Å². The summed E-state index contributed by atoms with van der Waals surface area (Å²) in [6.45, 7) is 2.80. The molecule has 1 aliphatic rings. The molecule has 10 heteroatoms. The molecule has 4 N–H and O–H groups in total. The summed E-state index contributed by atoms with van der Waals surface area (Å²) in [4.78, 5) is 44.5. The van der Waals surface area contributed by atoms with E-state index in [1.807, 2.05) is 31.2 Å². The largest absolute Gasteiger partial charge is 0.384 e. The number of benzene rings is 3. The SMILES string of the molecule is CCN=C(N)c1ccc(CCNC(=O)C[C@@H]2C(=O)Nc3ccccc3N2C(=O)c2ccc(F)c(F)c2)cc1. The summed E-state index contributed by atoms with van der Waals surface area (Å²) in [7, 11) is 0. The minimum atomic E-state index is -1.19. The first-order valence-electron chi connectivity index (χ1n) is 12.1. The number of nitrogens with two attached hydrogens (primary N) is 1. The van der Waals surface area contributed by atoms with Crippen molar-refractivity contribution in [3.63, 3.8) is 0 Å². The van der Waals surface area contributed by atoms with E-state index in [1.54, 1.807) is 24.3 Å². The highest BCUT2D eigenvalue weighted by molar-refractivity contribution is 6.17. The van der Waals surface area contributed by atoms with Crippen LogP contribution in [0.5, 0.6) is 0 Å². The number of carbonyl (C=O) groups is 3. The van der Waals surface area contributed by atoms with Crippen LogP contribution in [0, 0.1) is 11.6 Å². The van der Waals surface area contributed by atoms with Crippen LogP contribution in [0.2, 0.25) is 0 Å². The van der Waals surface area contributed by atoms with Crippen molar-refractivity contribution >= 4 is 34.9 Å². The van der Waals surface area contributed by atoms with Crippen molar-refractivity contribution in [3.8, 4) is 0 Å². The zero-order valence-electron chi connectivity index (χ0n) is 20.7. The number of halogens is 2. The maximum atomic E-state index is 13.9. The number of hydrogen-bond acceptors (Lipinski definition) is 4. The second-order valence-electron chi connectivity index (χ2n) is 8.69. The highest BCUT2D eigenvalue weighted by Crippen LogP contribution is 2.34. The van der Waals surface area contributed by atoms with E-state index >= 15 is 0 Å². The van der Waals surface area contributed by atoms with Gasteiger partial charge in [-0.05, 0) is 49.2 Å². The minimum Gasteiger partial charge on any atom is -0.384 e. The molecule has 1 atom stereocenters. The van der Waals surface area contributed by atoms with Gasteiger partial charge in [0.1, 0.15) is 11.9 Å². The summed E-state index contributed by atoms with van der Waals surface area (Å²) >= 11 is 0. The molecule has 3 aromatic rings. The van der Waals surface area contributed by atoms with Gasteiger partial charge in [-0.25, -0.2) is 8.78 Å². The lowest BCUT2D eigenvalue weighted by atomic mass is 10.0. The van der Waals surface area contributed by atoms with Gasteiger partial charge in [0.2, 0.25) is 11.8 Å². The Hall–Kier alpha value is -4.60. The van der Waals surface area contributed by atoms with Gasteiger partial charge in [-0.3, -0.25) is 24.3 Å². The third-order valence-corrected chi connectivity index (χ3v) is 6.11. The van der Waals surface area contributed by atoms with Gasteiger partial charge in [0.25, 0.3) is 5.91 Å². The lowest BCUT2D eigenvalue weighted by Crippen LogP contribution is -2.53. The zero-order valence-corrected chi connectivity index (χ0v) is 20.7. The molecule has 38 heavy (non-hydrogen) atoms. The molecule has 0 unspecified atom stereocenters. The molecule has 3 amide bonds. The number of para-hydroxylation sites is 2. The molecule has 0 aliphatic carbocycles. The van der Waals surface area contributed by atoms with E-state index in [1.165, 1.54) is 0 Å². The lowest BCUT2D eigenvalue weighted by Gasteiger charge is -2.36. The third kappa shape index (κ3) is 5.86. The molecule has 0 saturated carbocycles. The number of aliphatic imine (C=N–C) groups is 1. The Bertz CT molecular complexity index is 1390. The molecule has 0 saturated heterocycles. The average Bonchev–Trinajstić information content (AvgIpc) is 2.91. The highest BCUT2D eigenvalue weighted by atomic mass is 19.2. The Balaban J connectivity index is 1.46. The maximum Gasteiger partial charge on any atom is 0.259 e. The van der Waals surface area contributed by atoms with E-state index < -0.39 is 35.4 Å². The third-order valence-electron chi connectivity index (χ3n) is 6.11. The first-order chi connectivity index (χ1) is 18.3. The molecule has 0 spiro atoms. The van der Waals surface area contributed by atoms with Crippen molar-refractivity contribution in [1.29, 1.82) is 0 Å². The van der Waals surface area contributed by atoms with Gasteiger partial charge >= 0.3 is 0 Å². The summed E-state index contributed by atoms with van der Waals surface area (Å²) in [6, 6.07) is 15.7. The number of nitrogens with one attached hydrogen (secondary N) is 2. The number of amides is 3. The van der Waals surface area contributed by atoms with Crippen molar-refractivity contribution < 1.29 is 23.2 Å². The van der Waals surface area contributed by atoms with Crippen molar-refractivity contribution in [2.75, 3.05) is 23.3 Å². The van der Waals surface area contributed by atoms with Crippen LogP contribution in [-0.4, -0.2) is 42.7 Å². The van der Waals surface area contributed by atoms with E-state index in [0.29, 0.717) is 36.7 Å². The van der Waals surface area contributed by atoms with Crippen molar-refractivity contribution in [3.05, 3.63) is 95.1 Å². The molecular formula is C28H27F2N5O3. The van der Waals surface area contributed by atoms with Gasteiger partial charge in [0.15, 0.2) is 11.6 Å². The predicted octanol–water partition coefficient (Wildman–Crippen LogP) is 3.41. The summed E-state index contributed by atoms with van der Waals surface area (Å²) in [5, 5.41) is 5.49. The van der Waals surface area contributed by atoms with Gasteiger partial charge in [-0.2, -0.15) is 0 Å². The number of anilines is 2. The minimum absolute atomic E-state index is 0.146. The zero-order chi connectivity index (χ0) is 27.2. The molecule has 1 aliphatic heterocycles. The van der Waals surface area contributed by atoms with Gasteiger partial charge in [-0.15, -0.1) is 0 Å².